The Bertz CT molecular complexity index is 286. The van der Waals surface area contributed by atoms with Crippen molar-refractivity contribution in [2.45, 2.75) is 59.2 Å². The van der Waals surface area contributed by atoms with Gasteiger partial charge in [-0.25, -0.2) is 0 Å². The lowest BCUT2D eigenvalue weighted by molar-refractivity contribution is -0.147. The van der Waals surface area contributed by atoms with Gasteiger partial charge in [0, 0.05) is 34.5 Å². The highest BCUT2D eigenvalue weighted by Crippen LogP contribution is 2.18. The van der Waals surface area contributed by atoms with E-state index in [1.807, 2.05) is 6.92 Å². The zero-order valence-electron chi connectivity index (χ0n) is 14.4. The molecule has 6 heteroatoms. The number of carbonyl (C=O) groups is 2. The molecule has 2 atom stereocenters. The molecule has 21 heavy (non-hydrogen) atoms. The van der Waals surface area contributed by atoms with Gasteiger partial charge in [0.1, 0.15) is 6.10 Å². The minimum Gasteiger partial charge on any atom is -0.466 e. The summed E-state index contributed by atoms with van der Waals surface area (Å²) in [5.74, 6) is -0.496. The van der Waals surface area contributed by atoms with Gasteiger partial charge >= 0.3 is 11.9 Å². The summed E-state index contributed by atoms with van der Waals surface area (Å²) >= 11 is 0. The molecule has 6 nitrogen and oxygen atoms in total. The van der Waals surface area contributed by atoms with E-state index in [9.17, 15) is 9.59 Å². The van der Waals surface area contributed by atoms with Gasteiger partial charge in [0.2, 0.25) is 0 Å². The van der Waals surface area contributed by atoms with Crippen molar-refractivity contribution in [1.29, 1.82) is 0 Å². The maximum atomic E-state index is 10.4. The van der Waals surface area contributed by atoms with Crippen molar-refractivity contribution in [2.75, 3.05) is 27.4 Å². The van der Waals surface area contributed by atoms with Gasteiger partial charge in [-0.05, 0) is 20.3 Å². The van der Waals surface area contributed by atoms with E-state index in [4.69, 9.17) is 18.9 Å². The quantitative estimate of drug-likeness (QED) is 0.641. The number of hydrogen-bond acceptors (Lipinski definition) is 6. The Morgan fingerprint density at radius 3 is 2.05 bits per heavy atom. The monoisotopic (exact) mass is 306 g/mol. The van der Waals surface area contributed by atoms with Crippen molar-refractivity contribution in [3.05, 3.63) is 0 Å². The summed E-state index contributed by atoms with van der Waals surface area (Å²) in [6.07, 6.45) is 1.54. The van der Waals surface area contributed by atoms with Crippen LogP contribution in [0.5, 0.6) is 0 Å². The minimum atomic E-state index is -0.264. The summed E-state index contributed by atoms with van der Waals surface area (Å²) in [6.45, 7) is 9.54. The Balaban J connectivity index is 0. The molecule has 0 saturated heterocycles. The highest BCUT2D eigenvalue weighted by atomic mass is 16.6. The number of hydrogen-bond donors (Lipinski definition) is 0. The third kappa shape index (κ3) is 15.1. The molecule has 0 saturated carbocycles. The predicted octanol–water partition coefficient (Wildman–Crippen LogP) is 2.34. The average molecular weight is 306 g/mol. The van der Waals surface area contributed by atoms with Gasteiger partial charge in [-0.3, -0.25) is 9.59 Å². The predicted molar refractivity (Wildman–Crippen MR) is 80.1 cm³/mol. The molecule has 0 aliphatic carbocycles. The first-order valence-corrected chi connectivity index (χ1v) is 7.05. The zero-order chi connectivity index (χ0) is 16.9. The van der Waals surface area contributed by atoms with E-state index in [1.54, 1.807) is 21.1 Å². The van der Waals surface area contributed by atoms with Gasteiger partial charge in [0.25, 0.3) is 0 Å². The van der Waals surface area contributed by atoms with Crippen molar-refractivity contribution in [3.8, 4) is 0 Å². The molecule has 0 amide bonds. The Kier molecular flexibility index (Phi) is 13.3. The summed E-state index contributed by atoms with van der Waals surface area (Å²) in [5, 5.41) is 0. The maximum absolute atomic E-state index is 10.4. The largest absolute Gasteiger partial charge is 0.466 e. The van der Waals surface area contributed by atoms with Gasteiger partial charge in [0.05, 0.1) is 18.8 Å². The van der Waals surface area contributed by atoms with Crippen LogP contribution in [0.3, 0.4) is 0 Å². The van der Waals surface area contributed by atoms with E-state index in [0.717, 1.165) is 12.8 Å². The number of carbonyl (C=O) groups excluding carboxylic acids is 2. The van der Waals surface area contributed by atoms with Crippen LogP contribution in [-0.2, 0) is 28.5 Å². The van der Waals surface area contributed by atoms with E-state index in [2.05, 4.69) is 6.92 Å². The molecule has 0 rings (SSSR count). The molecule has 2 unspecified atom stereocenters. The van der Waals surface area contributed by atoms with Crippen LogP contribution >= 0.6 is 0 Å². The van der Waals surface area contributed by atoms with Crippen molar-refractivity contribution >= 4 is 11.9 Å². The zero-order valence-corrected chi connectivity index (χ0v) is 14.4. The lowest BCUT2D eigenvalue weighted by Gasteiger charge is -2.25. The number of rotatable bonds is 8. The second kappa shape index (κ2) is 12.6. The Morgan fingerprint density at radius 1 is 1.14 bits per heavy atom. The summed E-state index contributed by atoms with van der Waals surface area (Å²) in [7, 11) is 3.25. The first-order chi connectivity index (χ1) is 9.70. The maximum Gasteiger partial charge on any atom is 0.302 e. The Hall–Kier alpha value is -1.14. The number of ether oxygens (including phenoxy) is 4. The number of methoxy groups -OCH3 is 2. The van der Waals surface area contributed by atoms with E-state index in [-0.39, 0.29) is 23.6 Å². The van der Waals surface area contributed by atoms with E-state index >= 15 is 0 Å². The fourth-order valence-corrected chi connectivity index (χ4v) is 1.39. The third-order valence-electron chi connectivity index (χ3n) is 2.95. The molecular formula is C15H30O6. The van der Waals surface area contributed by atoms with Crippen LogP contribution in [0.15, 0.2) is 0 Å². The van der Waals surface area contributed by atoms with Gasteiger partial charge in [0.15, 0.2) is 0 Å². The first kappa shape index (κ1) is 22.1. The van der Waals surface area contributed by atoms with Crippen LogP contribution in [0, 0.1) is 0 Å². The molecule has 126 valence electrons. The molecule has 0 aliphatic rings. The second-order valence-corrected chi connectivity index (χ2v) is 4.97. The van der Waals surface area contributed by atoms with E-state index in [1.165, 1.54) is 13.8 Å². The summed E-state index contributed by atoms with van der Waals surface area (Å²) in [5.41, 5.74) is -0.157. The molecule has 0 aromatic rings. The minimum absolute atomic E-state index is 0.132. The van der Waals surface area contributed by atoms with Crippen LogP contribution in [0.4, 0.5) is 0 Å². The SMILES string of the molecule is CCC(C)(CCOC(C)=O)OC.COCC(C)OC(C)=O. The molecule has 0 heterocycles. The molecule has 0 N–H and O–H groups in total. The molecule has 0 fully saturated rings. The second-order valence-electron chi connectivity index (χ2n) is 4.97. The fraction of sp³-hybridized carbons (Fsp3) is 0.867. The fourth-order valence-electron chi connectivity index (χ4n) is 1.39. The van der Waals surface area contributed by atoms with Crippen LogP contribution in [0.2, 0.25) is 0 Å². The molecule has 0 bridgehead atoms. The Morgan fingerprint density at radius 2 is 1.71 bits per heavy atom. The molecule has 0 aromatic carbocycles. The van der Waals surface area contributed by atoms with Gasteiger partial charge in [-0.2, -0.15) is 0 Å². The van der Waals surface area contributed by atoms with Crippen LogP contribution in [0.1, 0.15) is 47.5 Å². The van der Waals surface area contributed by atoms with Crippen molar-refractivity contribution in [1.82, 2.24) is 0 Å². The van der Waals surface area contributed by atoms with Crippen LogP contribution in [0.25, 0.3) is 0 Å². The van der Waals surface area contributed by atoms with Crippen molar-refractivity contribution in [3.63, 3.8) is 0 Å². The van der Waals surface area contributed by atoms with E-state index < -0.39 is 0 Å². The molecular weight excluding hydrogens is 276 g/mol. The molecule has 0 spiro atoms. The molecule has 0 radical (unpaired) electrons. The standard InChI is InChI=1S/C9H18O3.C6H12O3/c1-5-9(3,11-4)6-7-12-8(2)10;1-5(4-8-3)9-6(2)7/h5-7H2,1-4H3;5H,4H2,1-3H3. The highest BCUT2D eigenvalue weighted by molar-refractivity contribution is 5.66. The van der Waals surface area contributed by atoms with Crippen molar-refractivity contribution < 1.29 is 28.5 Å². The van der Waals surface area contributed by atoms with Gasteiger partial charge < -0.3 is 18.9 Å². The summed E-state index contributed by atoms with van der Waals surface area (Å²) in [6, 6.07) is 0. The van der Waals surface area contributed by atoms with E-state index in [0.29, 0.717) is 13.2 Å². The van der Waals surface area contributed by atoms with Crippen molar-refractivity contribution in [2.24, 2.45) is 0 Å². The average Bonchev–Trinajstić information content (AvgIpc) is 2.38. The first-order valence-electron chi connectivity index (χ1n) is 7.05. The normalized spacial score (nSPS) is 14.2. The number of esters is 2. The lowest BCUT2D eigenvalue weighted by atomic mass is 10.00. The van der Waals surface area contributed by atoms with Crippen LogP contribution in [-0.4, -0.2) is 51.1 Å². The highest BCUT2D eigenvalue weighted by Gasteiger charge is 2.20. The van der Waals surface area contributed by atoms with Gasteiger partial charge in [-0.15, -0.1) is 0 Å². The van der Waals surface area contributed by atoms with Crippen LogP contribution < -0.4 is 0 Å². The smallest absolute Gasteiger partial charge is 0.302 e. The summed E-state index contributed by atoms with van der Waals surface area (Å²) < 4.78 is 19.6. The molecule has 0 aromatic heterocycles. The third-order valence-corrected chi connectivity index (χ3v) is 2.95. The lowest BCUT2D eigenvalue weighted by Crippen LogP contribution is -2.28. The topological polar surface area (TPSA) is 71.1 Å². The Labute approximate surface area is 128 Å². The summed E-state index contributed by atoms with van der Waals surface area (Å²) in [4.78, 5) is 20.7. The van der Waals surface area contributed by atoms with Gasteiger partial charge in [-0.1, -0.05) is 6.92 Å². The molecule has 0 aliphatic heterocycles.